The van der Waals surface area contributed by atoms with Crippen molar-refractivity contribution in [1.29, 1.82) is 0 Å². The fourth-order valence-corrected chi connectivity index (χ4v) is 2.69. The Balaban J connectivity index is 1.58. The van der Waals surface area contributed by atoms with Gasteiger partial charge in [-0.05, 0) is 37.5 Å². The zero-order chi connectivity index (χ0) is 12.6. The first-order valence-corrected chi connectivity index (χ1v) is 7.67. The highest BCUT2D eigenvalue weighted by Gasteiger charge is 2.24. The molecule has 0 radical (unpaired) electrons. The predicted octanol–water partition coefficient (Wildman–Crippen LogP) is 4.25. The van der Waals surface area contributed by atoms with E-state index in [9.17, 15) is 4.79 Å². The Morgan fingerprint density at radius 1 is 1.00 bits per heavy atom. The highest BCUT2D eigenvalue weighted by Crippen LogP contribution is 2.32. The minimum Gasteiger partial charge on any atom is -0.461 e. The van der Waals surface area contributed by atoms with Gasteiger partial charge in [0.2, 0.25) is 0 Å². The fourth-order valence-electron chi connectivity index (χ4n) is 2.69. The summed E-state index contributed by atoms with van der Waals surface area (Å²) in [6.07, 6.45) is 16.9. The molecular formula is C16H26O2. The molecule has 0 saturated heterocycles. The number of esters is 1. The average Bonchev–Trinajstić information content (AvgIpc) is 3.10. The van der Waals surface area contributed by atoms with Crippen LogP contribution < -0.4 is 0 Å². The van der Waals surface area contributed by atoms with Crippen molar-refractivity contribution in [2.75, 3.05) is 6.61 Å². The molecule has 0 aromatic heterocycles. The van der Waals surface area contributed by atoms with Crippen LogP contribution in [0, 0.1) is 11.8 Å². The van der Waals surface area contributed by atoms with Gasteiger partial charge in [-0.25, -0.2) is 0 Å². The van der Waals surface area contributed by atoms with Crippen LogP contribution in [0.2, 0.25) is 0 Å². The molecule has 0 amide bonds. The monoisotopic (exact) mass is 250 g/mol. The van der Waals surface area contributed by atoms with Crippen molar-refractivity contribution < 1.29 is 9.53 Å². The fraction of sp³-hybridized carbons (Fsp3) is 0.812. The summed E-state index contributed by atoms with van der Waals surface area (Å²) in [5, 5.41) is 0. The summed E-state index contributed by atoms with van der Waals surface area (Å²) in [5.74, 6) is 1.33. The summed E-state index contributed by atoms with van der Waals surface area (Å²) in [4.78, 5) is 11.4. The third kappa shape index (κ3) is 5.70. The second-order valence-electron chi connectivity index (χ2n) is 5.86. The van der Waals surface area contributed by atoms with Crippen LogP contribution in [0.1, 0.15) is 64.2 Å². The zero-order valence-corrected chi connectivity index (χ0v) is 11.4. The summed E-state index contributed by atoms with van der Waals surface area (Å²) in [6, 6.07) is 0. The van der Waals surface area contributed by atoms with E-state index < -0.39 is 0 Å². The molecule has 102 valence electrons. The van der Waals surface area contributed by atoms with Crippen molar-refractivity contribution in [2.24, 2.45) is 11.8 Å². The van der Waals surface area contributed by atoms with Gasteiger partial charge in [0.15, 0.2) is 0 Å². The van der Waals surface area contributed by atoms with Gasteiger partial charge in [-0.15, -0.1) is 0 Å². The lowest BCUT2D eigenvalue weighted by atomic mass is 9.91. The van der Waals surface area contributed by atoms with Crippen molar-refractivity contribution in [1.82, 2.24) is 0 Å². The summed E-state index contributed by atoms with van der Waals surface area (Å²) >= 11 is 0. The highest BCUT2D eigenvalue weighted by molar-refractivity contribution is 5.70. The van der Waals surface area contributed by atoms with E-state index in [0.717, 1.165) is 0 Å². The van der Waals surface area contributed by atoms with E-state index in [4.69, 9.17) is 4.74 Å². The quantitative estimate of drug-likeness (QED) is 0.538. The van der Waals surface area contributed by atoms with E-state index >= 15 is 0 Å². The maximum absolute atomic E-state index is 11.4. The van der Waals surface area contributed by atoms with Gasteiger partial charge >= 0.3 is 5.97 Å². The predicted molar refractivity (Wildman–Crippen MR) is 73.2 cm³/mol. The SMILES string of the molecule is O=C(CC1CC1)OCC=CC1CCCCCCC1. The first kappa shape index (κ1) is 13.6. The number of ether oxygens (including phenoxy) is 1. The normalized spacial score (nSPS) is 22.7. The molecule has 18 heavy (non-hydrogen) atoms. The largest absolute Gasteiger partial charge is 0.461 e. The molecule has 0 bridgehead atoms. The van der Waals surface area contributed by atoms with Crippen molar-refractivity contribution in [2.45, 2.75) is 64.2 Å². The Bertz CT molecular complexity index is 271. The second kappa shape index (κ2) is 7.60. The molecule has 0 aromatic carbocycles. The molecule has 0 heterocycles. The Kier molecular flexibility index (Phi) is 5.76. The van der Waals surface area contributed by atoms with Crippen molar-refractivity contribution in [3.63, 3.8) is 0 Å². The van der Waals surface area contributed by atoms with Gasteiger partial charge in [0.05, 0.1) is 0 Å². The van der Waals surface area contributed by atoms with Crippen LogP contribution in [0.25, 0.3) is 0 Å². The Hall–Kier alpha value is -0.790. The molecule has 2 nitrogen and oxygen atoms in total. The molecule has 2 rings (SSSR count). The number of hydrogen-bond donors (Lipinski definition) is 0. The summed E-state index contributed by atoms with van der Waals surface area (Å²) in [7, 11) is 0. The minimum absolute atomic E-state index is 0.0141. The van der Waals surface area contributed by atoms with Crippen LogP contribution in [0.3, 0.4) is 0 Å². The third-order valence-electron chi connectivity index (χ3n) is 4.05. The van der Waals surface area contributed by atoms with E-state index in [1.165, 1.54) is 57.8 Å². The van der Waals surface area contributed by atoms with Gasteiger partial charge < -0.3 is 4.74 Å². The molecule has 2 saturated carbocycles. The number of hydrogen-bond acceptors (Lipinski definition) is 2. The van der Waals surface area contributed by atoms with Crippen molar-refractivity contribution in [3.8, 4) is 0 Å². The maximum Gasteiger partial charge on any atom is 0.306 e. The Morgan fingerprint density at radius 2 is 1.67 bits per heavy atom. The number of rotatable bonds is 5. The van der Waals surface area contributed by atoms with Gasteiger partial charge in [0.25, 0.3) is 0 Å². The van der Waals surface area contributed by atoms with Crippen LogP contribution in [0.15, 0.2) is 12.2 Å². The third-order valence-corrected chi connectivity index (χ3v) is 4.05. The molecule has 0 atom stereocenters. The standard InChI is InChI=1S/C16H26O2/c17-16(13-15-10-11-15)18-12-6-9-14-7-4-2-1-3-5-8-14/h6,9,14-15H,1-5,7-8,10-13H2. The molecule has 0 aromatic rings. The van der Waals surface area contributed by atoms with E-state index in [1.807, 2.05) is 0 Å². The molecule has 2 fully saturated rings. The second-order valence-corrected chi connectivity index (χ2v) is 5.86. The molecule has 0 spiro atoms. The number of allylic oxidation sites excluding steroid dienone is 1. The minimum atomic E-state index is -0.0141. The Labute approximate surface area is 111 Å². The molecular weight excluding hydrogens is 224 g/mol. The Morgan fingerprint density at radius 3 is 2.33 bits per heavy atom. The van der Waals surface area contributed by atoms with Gasteiger partial charge in [-0.2, -0.15) is 0 Å². The van der Waals surface area contributed by atoms with E-state index in [1.54, 1.807) is 0 Å². The number of carbonyl (C=O) groups is 1. The molecule has 2 aliphatic carbocycles. The topological polar surface area (TPSA) is 26.3 Å². The lowest BCUT2D eigenvalue weighted by Gasteiger charge is -2.15. The van der Waals surface area contributed by atoms with Crippen LogP contribution >= 0.6 is 0 Å². The lowest BCUT2D eigenvalue weighted by Crippen LogP contribution is -2.06. The molecule has 0 aliphatic heterocycles. The van der Waals surface area contributed by atoms with Crippen LogP contribution in [0.4, 0.5) is 0 Å². The van der Waals surface area contributed by atoms with Gasteiger partial charge in [0.1, 0.15) is 6.61 Å². The molecule has 2 heteroatoms. The van der Waals surface area contributed by atoms with Crippen LogP contribution in [-0.2, 0) is 9.53 Å². The van der Waals surface area contributed by atoms with Gasteiger partial charge in [0, 0.05) is 6.42 Å². The van der Waals surface area contributed by atoms with Crippen LogP contribution in [-0.4, -0.2) is 12.6 Å². The number of carbonyl (C=O) groups excluding carboxylic acids is 1. The highest BCUT2D eigenvalue weighted by atomic mass is 16.5. The van der Waals surface area contributed by atoms with Gasteiger partial charge in [-0.1, -0.05) is 44.3 Å². The van der Waals surface area contributed by atoms with Crippen LogP contribution in [0.5, 0.6) is 0 Å². The van der Waals surface area contributed by atoms with E-state index in [-0.39, 0.29) is 5.97 Å². The van der Waals surface area contributed by atoms with E-state index in [0.29, 0.717) is 24.9 Å². The van der Waals surface area contributed by atoms with Gasteiger partial charge in [-0.3, -0.25) is 4.79 Å². The summed E-state index contributed by atoms with van der Waals surface area (Å²) < 4.78 is 5.21. The zero-order valence-electron chi connectivity index (χ0n) is 11.4. The van der Waals surface area contributed by atoms with E-state index in [2.05, 4.69) is 12.2 Å². The summed E-state index contributed by atoms with van der Waals surface area (Å²) in [6.45, 7) is 0.474. The van der Waals surface area contributed by atoms with Crippen molar-refractivity contribution >= 4 is 5.97 Å². The summed E-state index contributed by atoms with van der Waals surface area (Å²) in [5.41, 5.74) is 0. The molecule has 0 unspecified atom stereocenters. The maximum atomic E-state index is 11.4. The molecule has 2 aliphatic rings. The van der Waals surface area contributed by atoms with Crippen molar-refractivity contribution in [3.05, 3.63) is 12.2 Å². The lowest BCUT2D eigenvalue weighted by molar-refractivity contribution is -0.142. The first-order valence-electron chi connectivity index (χ1n) is 7.67. The smallest absolute Gasteiger partial charge is 0.306 e. The first-order chi connectivity index (χ1) is 8.84. The molecule has 0 N–H and O–H groups in total. The average molecular weight is 250 g/mol.